The smallest absolute Gasteiger partial charge is 0.248 e. The number of fused-ring (bicyclic) bond motifs is 1. The zero-order valence-corrected chi connectivity index (χ0v) is 16.4. The van der Waals surface area contributed by atoms with Gasteiger partial charge >= 0.3 is 0 Å². The van der Waals surface area contributed by atoms with Crippen LogP contribution in [-0.2, 0) is 15.6 Å². The van der Waals surface area contributed by atoms with Crippen LogP contribution in [-0.4, -0.2) is 40.4 Å². The van der Waals surface area contributed by atoms with Gasteiger partial charge in [0.15, 0.2) is 0 Å². The lowest BCUT2D eigenvalue weighted by Gasteiger charge is -2.23. The van der Waals surface area contributed by atoms with Crippen LogP contribution in [0.4, 0.5) is 5.69 Å². The Morgan fingerprint density at radius 2 is 1.96 bits per heavy atom. The molecule has 3 rings (SSSR count). The molecular weight excluding hydrogens is 368 g/mol. The first-order valence-electron chi connectivity index (χ1n) is 8.57. The number of rotatable bonds is 5. The van der Waals surface area contributed by atoms with Gasteiger partial charge in [-0.3, -0.25) is 14.0 Å². The molecule has 0 spiro atoms. The van der Waals surface area contributed by atoms with E-state index in [2.05, 4.69) is 4.99 Å². The number of aliphatic imine (C=N–C) groups is 1. The lowest BCUT2D eigenvalue weighted by atomic mass is 9.96. The summed E-state index contributed by atoms with van der Waals surface area (Å²) in [6.45, 7) is 4.38. The highest BCUT2D eigenvalue weighted by molar-refractivity contribution is 7.84. The number of halogens is 1. The van der Waals surface area contributed by atoms with Crippen molar-refractivity contribution >= 4 is 39.7 Å². The fourth-order valence-electron chi connectivity index (χ4n) is 3.04. The molecule has 0 radical (unpaired) electrons. The quantitative estimate of drug-likeness (QED) is 0.785. The summed E-state index contributed by atoms with van der Waals surface area (Å²) in [4.78, 5) is 19.0. The summed E-state index contributed by atoms with van der Waals surface area (Å²) in [5.41, 5.74) is 4.45. The first-order chi connectivity index (χ1) is 12.5. The maximum Gasteiger partial charge on any atom is 0.248 e. The van der Waals surface area contributed by atoms with Crippen LogP contribution in [0.25, 0.3) is 0 Å². The Kier molecular flexibility index (Phi) is 5.89. The van der Waals surface area contributed by atoms with Crippen molar-refractivity contribution in [2.24, 2.45) is 4.99 Å². The predicted octanol–water partition coefficient (Wildman–Crippen LogP) is 3.60. The summed E-state index contributed by atoms with van der Waals surface area (Å²) < 4.78 is 11.9. The number of anilines is 1. The van der Waals surface area contributed by atoms with Crippen LogP contribution in [0.2, 0.25) is 5.02 Å². The number of hydrogen-bond acceptors (Lipinski definition) is 3. The van der Waals surface area contributed by atoms with Gasteiger partial charge in [0.1, 0.15) is 6.54 Å². The molecule has 0 fully saturated rings. The average molecular weight is 389 g/mol. The van der Waals surface area contributed by atoms with Crippen LogP contribution in [0.15, 0.2) is 47.5 Å². The Balaban J connectivity index is 2.09. The van der Waals surface area contributed by atoms with Crippen molar-refractivity contribution in [3.63, 3.8) is 0 Å². The zero-order chi connectivity index (χ0) is 18.7. The molecule has 4 nitrogen and oxygen atoms in total. The topological polar surface area (TPSA) is 49.7 Å². The van der Waals surface area contributed by atoms with Crippen molar-refractivity contribution in [3.05, 3.63) is 64.2 Å². The van der Waals surface area contributed by atoms with Gasteiger partial charge < -0.3 is 4.90 Å². The third-order valence-corrected chi connectivity index (χ3v) is 5.96. The summed E-state index contributed by atoms with van der Waals surface area (Å²) in [6, 6.07) is 13.4. The first-order valence-corrected chi connectivity index (χ1v) is 10.4. The van der Waals surface area contributed by atoms with E-state index in [1.165, 1.54) is 0 Å². The van der Waals surface area contributed by atoms with Gasteiger partial charge in [0, 0.05) is 45.0 Å². The minimum atomic E-state index is -0.936. The lowest BCUT2D eigenvalue weighted by Crippen LogP contribution is -2.35. The number of nitrogens with zero attached hydrogens (tertiary/aromatic N) is 2. The molecule has 6 heteroatoms. The number of benzodiazepines with no additional fused rings is 1. The number of carbonyl (C=O) groups is 1. The second-order valence-corrected chi connectivity index (χ2v) is 8.42. The van der Waals surface area contributed by atoms with E-state index >= 15 is 0 Å². The highest BCUT2D eigenvalue weighted by atomic mass is 35.5. The Morgan fingerprint density at radius 3 is 2.69 bits per heavy atom. The van der Waals surface area contributed by atoms with Crippen molar-refractivity contribution in [1.82, 2.24) is 0 Å². The third-order valence-electron chi connectivity index (χ3n) is 4.44. The summed E-state index contributed by atoms with van der Waals surface area (Å²) in [7, 11) is -0.936. The molecular formula is C20H21ClN2O2S. The van der Waals surface area contributed by atoms with Gasteiger partial charge in [-0.05, 0) is 30.7 Å². The summed E-state index contributed by atoms with van der Waals surface area (Å²) in [5, 5.41) is 0.594. The van der Waals surface area contributed by atoms with Gasteiger partial charge in [0.05, 0.1) is 11.4 Å². The van der Waals surface area contributed by atoms with Crippen molar-refractivity contribution in [2.45, 2.75) is 13.8 Å². The van der Waals surface area contributed by atoms with E-state index < -0.39 is 10.8 Å². The Morgan fingerprint density at radius 1 is 1.19 bits per heavy atom. The maximum atomic E-state index is 12.7. The molecule has 0 aromatic heterocycles. The molecule has 2 aromatic carbocycles. The maximum absolute atomic E-state index is 12.7. The van der Waals surface area contributed by atoms with Crippen molar-refractivity contribution < 1.29 is 9.00 Å². The third kappa shape index (κ3) is 3.89. The van der Waals surface area contributed by atoms with Crippen LogP contribution in [0.5, 0.6) is 0 Å². The molecule has 0 saturated carbocycles. The lowest BCUT2D eigenvalue weighted by molar-refractivity contribution is -0.117. The van der Waals surface area contributed by atoms with Gasteiger partial charge in [-0.15, -0.1) is 0 Å². The molecule has 1 unspecified atom stereocenters. The second-order valence-electron chi connectivity index (χ2n) is 6.12. The molecule has 1 aliphatic rings. The second kappa shape index (κ2) is 8.14. The molecule has 1 aliphatic heterocycles. The minimum absolute atomic E-state index is 0.0642. The van der Waals surface area contributed by atoms with Gasteiger partial charge in [0.25, 0.3) is 0 Å². The van der Waals surface area contributed by atoms with Crippen molar-refractivity contribution in [2.75, 3.05) is 29.5 Å². The summed E-state index contributed by atoms with van der Waals surface area (Å²) in [5.74, 6) is 0.940. The van der Waals surface area contributed by atoms with Crippen LogP contribution >= 0.6 is 11.6 Å². The molecule has 0 aliphatic carbocycles. The fourth-order valence-corrected chi connectivity index (χ4v) is 3.88. The van der Waals surface area contributed by atoms with Gasteiger partial charge in [-0.1, -0.05) is 42.8 Å². The molecule has 2 aromatic rings. The summed E-state index contributed by atoms with van der Waals surface area (Å²) >= 11 is 6.25. The van der Waals surface area contributed by atoms with E-state index in [0.29, 0.717) is 23.1 Å². The molecule has 26 heavy (non-hydrogen) atoms. The van der Waals surface area contributed by atoms with Gasteiger partial charge in [-0.2, -0.15) is 0 Å². The van der Waals surface area contributed by atoms with Crippen molar-refractivity contribution in [3.8, 4) is 0 Å². The Hall–Kier alpha value is -1.98. The standard InChI is InChI=1S/C20H21ClN2O2S/c1-3-26(25)11-10-23-18-9-8-15(21)12-17(18)20(22-13-19(23)24)16-7-5-4-6-14(16)2/h4-9,12H,3,10-11,13H2,1-2H3. The normalized spacial score (nSPS) is 15.3. The van der Waals surface area contributed by atoms with E-state index in [0.717, 1.165) is 28.1 Å². The molecule has 0 bridgehead atoms. The average Bonchev–Trinajstić information content (AvgIpc) is 2.76. The van der Waals surface area contributed by atoms with E-state index in [1.54, 1.807) is 11.0 Å². The largest absolute Gasteiger partial charge is 0.309 e. The summed E-state index contributed by atoms with van der Waals surface area (Å²) in [6.07, 6.45) is 0. The zero-order valence-electron chi connectivity index (χ0n) is 14.9. The van der Waals surface area contributed by atoms with Gasteiger partial charge in [-0.25, -0.2) is 0 Å². The molecule has 0 saturated heterocycles. The van der Waals surface area contributed by atoms with Gasteiger partial charge in [0.2, 0.25) is 5.91 Å². The van der Waals surface area contributed by atoms with E-state index in [1.807, 2.05) is 50.2 Å². The molecule has 1 atom stereocenters. The first kappa shape index (κ1) is 18.8. The molecule has 1 amide bonds. The Labute approximate surface area is 161 Å². The van der Waals surface area contributed by atoms with E-state index in [-0.39, 0.29) is 12.5 Å². The highest BCUT2D eigenvalue weighted by Crippen LogP contribution is 2.30. The Bertz CT molecular complexity index is 895. The number of amides is 1. The number of benzene rings is 2. The molecule has 0 N–H and O–H groups in total. The molecule has 1 heterocycles. The van der Waals surface area contributed by atoms with Crippen LogP contribution < -0.4 is 4.90 Å². The highest BCUT2D eigenvalue weighted by Gasteiger charge is 2.26. The van der Waals surface area contributed by atoms with E-state index in [4.69, 9.17) is 11.6 Å². The predicted molar refractivity (Wildman–Crippen MR) is 109 cm³/mol. The SMILES string of the molecule is CCS(=O)CCN1C(=O)CN=C(c2ccccc2C)c2cc(Cl)ccc21. The number of aryl methyl sites for hydroxylation is 1. The number of carbonyl (C=O) groups excluding carboxylic acids is 1. The van der Waals surface area contributed by atoms with E-state index in [9.17, 15) is 9.00 Å². The fraction of sp³-hybridized carbons (Fsp3) is 0.300. The molecule has 136 valence electrons. The number of hydrogen-bond donors (Lipinski definition) is 0. The van der Waals surface area contributed by atoms with Crippen molar-refractivity contribution in [1.29, 1.82) is 0 Å². The monoisotopic (exact) mass is 388 g/mol. The van der Waals surface area contributed by atoms with Crippen LogP contribution in [0.3, 0.4) is 0 Å². The van der Waals surface area contributed by atoms with Crippen LogP contribution in [0.1, 0.15) is 23.6 Å². The van der Waals surface area contributed by atoms with Crippen LogP contribution in [0, 0.1) is 6.92 Å². The minimum Gasteiger partial charge on any atom is -0.309 e.